The highest BCUT2D eigenvalue weighted by Gasteiger charge is 2.07. The van der Waals surface area contributed by atoms with Gasteiger partial charge in [-0.15, -0.1) is 0 Å². The van der Waals surface area contributed by atoms with Crippen molar-refractivity contribution in [2.75, 3.05) is 5.32 Å². The van der Waals surface area contributed by atoms with Gasteiger partial charge in [0.05, 0.1) is 0 Å². The summed E-state index contributed by atoms with van der Waals surface area (Å²) in [5.41, 5.74) is 0.988. The average Bonchev–Trinajstić information content (AvgIpc) is 2.66. The van der Waals surface area contributed by atoms with Crippen LogP contribution in [0, 0.1) is 5.92 Å². The molecule has 84 valence electrons. The van der Waals surface area contributed by atoms with Gasteiger partial charge in [-0.2, -0.15) is 0 Å². The molecule has 0 bridgehead atoms. The number of aromatic nitrogens is 4. The summed E-state index contributed by atoms with van der Waals surface area (Å²) in [7, 11) is 0. The summed E-state index contributed by atoms with van der Waals surface area (Å²) in [4.78, 5) is 0. The predicted molar refractivity (Wildman–Crippen MR) is 62.4 cm³/mol. The third-order valence-electron chi connectivity index (χ3n) is 2.10. The highest BCUT2D eigenvalue weighted by atomic mass is 15.6. The first-order chi connectivity index (χ1) is 7.75. The molecule has 0 aliphatic heterocycles. The maximum Gasteiger partial charge on any atom is 0.247 e. The molecule has 0 saturated carbocycles. The van der Waals surface area contributed by atoms with Gasteiger partial charge < -0.3 is 5.32 Å². The molecular formula is C11H15N5. The van der Waals surface area contributed by atoms with Crippen LogP contribution < -0.4 is 5.32 Å². The Kier molecular flexibility index (Phi) is 3.14. The van der Waals surface area contributed by atoms with Gasteiger partial charge in [-0.1, -0.05) is 37.1 Å². The van der Waals surface area contributed by atoms with Crippen LogP contribution in [0.5, 0.6) is 0 Å². The molecule has 0 aliphatic carbocycles. The van der Waals surface area contributed by atoms with E-state index in [1.54, 1.807) is 4.68 Å². The Morgan fingerprint density at radius 3 is 2.69 bits per heavy atom. The van der Waals surface area contributed by atoms with Crippen LogP contribution in [-0.4, -0.2) is 20.2 Å². The molecule has 2 aromatic rings. The normalized spacial score (nSPS) is 10.7. The minimum Gasteiger partial charge on any atom is -0.323 e. The SMILES string of the molecule is CC(C)Cn1nnnc1Nc1ccccc1. The Balaban J connectivity index is 2.13. The highest BCUT2D eigenvalue weighted by molar-refractivity contribution is 5.52. The molecule has 5 nitrogen and oxygen atoms in total. The summed E-state index contributed by atoms with van der Waals surface area (Å²) in [5.74, 6) is 1.19. The molecule has 0 amide bonds. The first-order valence-electron chi connectivity index (χ1n) is 5.34. The van der Waals surface area contributed by atoms with Crippen molar-refractivity contribution in [2.45, 2.75) is 20.4 Å². The second-order valence-corrected chi connectivity index (χ2v) is 4.07. The lowest BCUT2D eigenvalue weighted by Gasteiger charge is -2.08. The summed E-state index contributed by atoms with van der Waals surface area (Å²) < 4.78 is 1.78. The van der Waals surface area contributed by atoms with Gasteiger partial charge in [-0.05, 0) is 28.5 Å². The van der Waals surface area contributed by atoms with Crippen LogP contribution in [0.3, 0.4) is 0 Å². The molecule has 0 saturated heterocycles. The number of tetrazole rings is 1. The summed E-state index contributed by atoms with van der Waals surface area (Å²) in [6.45, 7) is 5.07. The van der Waals surface area contributed by atoms with E-state index >= 15 is 0 Å². The van der Waals surface area contributed by atoms with E-state index in [4.69, 9.17) is 0 Å². The van der Waals surface area contributed by atoms with E-state index in [0.29, 0.717) is 11.9 Å². The molecule has 0 aliphatic rings. The Morgan fingerprint density at radius 1 is 1.25 bits per heavy atom. The third-order valence-corrected chi connectivity index (χ3v) is 2.10. The number of benzene rings is 1. The quantitative estimate of drug-likeness (QED) is 0.851. The van der Waals surface area contributed by atoms with Crippen molar-refractivity contribution in [3.63, 3.8) is 0 Å². The number of hydrogen-bond acceptors (Lipinski definition) is 4. The van der Waals surface area contributed by atoms with E-state index in [0.717, 1.165) is 12.2 Å². The molecule has 1 N–H and O–H groups in total. The Hall–Kier alpha value is -1.91. The number of nitrogens with one attached hydrogen (secondary N) is 1. The Labute approximate surface area is 94.5 Å². The fourth-order valence-electron chi connectivity index (χ4n) is 1.41. The number of para-hydroxylation sites is 1. The molecule has 0 fully saturated rings. The summed E-state index contributed by atoms with van der Waals surface area (Å²) in [6.07, 6.45) is 0. The smallest absolute Gasteiger partial charge is 0.247 e. The van der Waals surface area contributed by atoms with Crippen molar-refractivity contribution < 1.29 is 0 Å². The van der Waals surface area contributed by atoms with E-state index in [-0.39, 0.29) is 0 Å². The Morgan fingerprint density at radius 2 is 2.00 bits per heavy atom. The molecule has 1 aromatic carbocycles. The van der Waals surface area contributed by atoms with E-state index in [9.17, 15) is 0 Å². The maximum atomic E-state index is 3.96. The lowest BCUT2D eigenvalue weighted by molar-refractivity contribution is 0.476. The largest absolute Gasteiger partial charge is 0.323 e. The highest BCUT2D eigenvalue weighted by Crippen LogP contribution is 2.13. The van der Waals surface area contributed by atoms with Crippen molar-refractivity contribution in [2.24, 2.45) is 5.92 Å². The molecule has 5 heteroatoms. The van der Waals surface area contributed by atoms with Gasteiger partial charge in [-0.25, -0.2) is 4.68 Å². The van der Waals surface area contributed by atoms with Gasteiger partial charge >= 0.3 is 0 Å². The van der Waals surface area contributed by atoms with E-state index in [1.165, 1.54) is 0 Å². The number of anilines is 2. The zero-order valence-electron chi connectivity index (χ0n) is 9.46. The van der Waals surface area contributed by atoms with Crippen molar-refractivity contribution in [1.29, 1.82) is 0 Å². The standard InChI is InChI=1S/C11H15N5/c1-9(2)8-16-11(13-14-15-16)12-10-6-4-3-5-7-10/h3-7,9H,8H2,1-2H3,(H,12,13,15). The van der Waals surface area contributed by atoms with Gasteiger partial charge in [0.25, 0.3) is 0 Å². The molecular weight excluding hydrogens is 202 g/mol. The Bertz CT molecular complexity index is 435. The van der Waals surface area contributed by atoms with Gasteiger partial charge in [0.15, 0.2) is 0 Å². The van der Waals surface area contributed by atoms with Crippen LogP contribution in [0.2, 0.25) is 0 Å². The lowest BCUT2D eigenvalue weighted by Crippen LogP contribution is -2.09. The van der Waals surface area contributed by atoms with Crippen LogP contribution in [0.15, 0.2) is 30.3 Å². The molecule has 0 unspecified atom stereocenters. The average molecular weight is 217 g/mol. The molecule has 0 atom stereocenters. The lowest BCUT2D eigenvalue weighted by atomic mass is 10.2. The topological polar surface area (TPSA) is 55.6 Å². The molecule has 1 aromatic heterocycles. The van der Waals surface area contributed by atoms with Crippen molar-refractivity contribution >= 4 is 11.6 Å². The zero-order chi connectivity index (χ0) is 11.4. The van der Waals surface area contributed by atoms with Crippen molar-refractivity contribution in [3.05, 3.63) is 30.3 Å². The van der Waals surface area contributed by atoms with Crippen LogP contribution in [0.1, 0.15) is 13.8 Å². The molecule has 16 heavy (non-hydrogen) atoms. The number of rotatable bonds is 4. The molecule has 1 heterocycles. The van der Waals surface area contributed by atoms with Crippen LogP contribution in [0.4, 0.5) is 11.6 Å². The molecule has 0 radical (unpaired) electrons. The second-order valence-electron chi connectivity index (χ2n) is 4.07. The monoisotopic (exact) mass is 217 g/mol. The zero-order valence-corrected chi connectivity index (χ0v) is 9.46. The van der Waals surface area contributed by atoms with Crippen LogP contribution in [0.25, 0.3) is 0 Å². The number of nitrogens with zero attached hydrogens (tertiary/aromatic N) is 4. The fraction of sp³-hybridized carbons (Fsp3) is 0.364. The fourth-order valence-corrected chi connectivity index (χ4v) is 1.41. The minimum absolute atomic E-state index is 0.514. The summed E-state index contributed by atoms with van der Waals surface area (Å²) in [5, 5.41) is 14.8. The van der Waals surface area contributed by atoms with E-state index in [1.807, 2.05) is 30.3 Å². The number of hydrogen-bond donors (Lipinski definition) is 1. The maximum absolute atomic E-state index is 3.96. The second kappa shape index (κ2) is 4.74. The molecule has 0 spiro atoms. The molecule has 2 rings (SSSR count). The third kappa shape index (κ3) is 2.56. The van der Waals surface area contributed by atoms with E-state index < -0.39 is 0 Å². The first-order valence-corrected chi connectivity index (χ1v) is 5.34. The van der Waals surface area contributed by atoms with Crippen LogP contribution >= 0.6 is 0 Å². The summed E-state index contributed by atoms with van der Waals surface area (Å²) >= 11 is 0. The predicted octanol–water partition coefficient (Wildman–Crippen LogP) is 2.07. The van der Waals surface area contributed by atoms with Crippen molar-refractivity contribution in [3.8, 4) is 0 Å². The van der Waals surface area contributed by atoms with Crippen LogP contribution in [-0.2, 0) is 6.54 Å². The summed E-state index contributed by atoms with van der Waals surface area (Å²) in [6, 6.07) is 9.88. The van der Waals surface area contributed by atoms with Crippen molar-refractivity contribution in [1.82, 2.24) is 20.2 Å². The van der Waals surface area contributed by atoms with Gasteiger partial charge in [0.1, 0.15) is 0 Å². The minimum atomic E-state index is 0.514. The van der Waals surface area contributed by atoms with E-state index in [2.05, 4.69) is 34.7 Å². The first kappa shape index (κ1) is 10.6. The van der Waals surface area contributed by atoms with Gasteiger partial charge in [0.2, 0.25) is 5.95 Å². The van der Waals surface area contributed by atoms with Gasteiger partial charge in [0, 0.05) is 12.2 Å². The van der Waals surface area contributed by atoms with Gasteiger partial charge in [-0.3, -0.25) is 0 Å².